The molecule has 0 bridgehead atoms. The second kappa shape index (κ2) is 13.0. The van der Waals surface area contributed by atoms with Crippen molar-refractivity contribution in [2.75, 3.05) is 24.6 Å². The summed E-state index contributed by atoms with van der Waals surface area (Å²) in [5.74, 6) is 2.08. The first-order chi connectivity index (χ1) is 7.41. The molecule has 0 fully saturated rings. The molecule has 0 rings (SSSR count). The fraction of sp³-hybridized carbons (Fsp3) is 1.00. The summed E-state index contributed by atoms with van der Waals surface area (Å²) in [6, 6.07) is 0. The molecule has 0 heterocycles. The quantitative estimate of drug-likeness (QED) is 0.355. The van der Waals surface area contributed by atoms with Crippen LogP contribution in [0.3, 0.4) is 0 Å². The molecule has 0 radical (unpaired) electrons. The van der Waals surface area contributed by atoms with Crippen molar-refractivity contribution in [1.82, 2.24) is 0 Å². The molecule has 0 atom stereocenters. The summed E-state index contributed by atoms with van der Waals surface area (Å²) in [5.41, 5.74) is 10.4. The van der Waals surface area contributed by atoms with E-state index >= 15 is 0 Å². The van der Waals surface area contributed by atoms with Gasteiger partial charge in [-0.05, 0) is 0 Å². The SMILES string of the molecule is NCCSCCN.[O-][Cl+3]([O-])([O-])O.[O-][Cl+3]([O-])([O-])O. The van der Waals surface area contributed by atoms with Gasteiger partial charge in [-0.3, -0.25) is 0 Å². The van der Waals surface area contributed by atoms with Crippen LogP contribution in [-0.2, 0) is 0 Å². The van der Waals surface area contributed by atoms with E-state index in [0.717, 1.165) is 24.6 Å². The lowest BCUT2D eigenvalue weighted by atomic mass is 10.8. The van der Waals surface area contributed by atoms with Gasteiger partial charge in [0.25, 0.3) is 0 Å². The van der Waals surface area contributed by atoms with Crippen molar-refractivity contribution in [2.45, 2.75) is 0 Å². The van der Waals surface area contributed by atoms with E-state index < -0.39 is 20.5 Å². The highest BCUT2D eigenvalue weighted by Gasteiger charge is 1.99. The number of halogens is 2. The number of hydrogen-bond acceptors (Lipinski definition) is 11. The summed E-state index contributed by atoms with van der Waals surface area (Å²) in [7, 11) is -9.39. The second-order valence-corrected chi connectivity index (χ2v) is 4.79. The first kappa shape index (κ1) is 22.7. The molecule has 6 N–H and O–H groups in total. The summed E-state index contributed by atoms with van der Waals surface area (Å²) in [6.07, 6.45) is 0. The van der Waals surface area contributed by atoms with Gasteiger partial charge in [-0.25, -0.2) is 0 Å². The summed E-state index contributed by atoms with van der Waals surface area (Å²) >= 11 is 1.80. The Morgan fingerprint density at radius 1 is 0.765 bits per heavy atom. The first-order valence-electron chi connectivity index (χ1n) is 3.66. The van der Waals surface area contributed by atoms with E-state index in [1.54, 1.807) is 11.8 Å². The molecule has 17 heavy (non-hydrogen) atoms. The fourth-order valence-corrected chi connectivity index (χ4v) is 0.806. The van der Waals surface area contributed by atoms with E-state index in [4.69, 9.17) is 48.7 Å². The largest absolute Gasteiger partial charge is 0.330 e. The maximum atomic E-state index is 8.60. The molecule has 0 aromatic rings. The minimum absolute atomic E-state index is 0.769. The number of thioether (sulfide) groups is 1. The summed E-state index contributed by atoms with van der Waals surface area (Å²) in [6.45, 7) is 1.54. The number of rotatable bonds is 4. The van der Waals surface area contributed by atoms with Crippen molar-refractivity contribution >= 4 is 11.8 Å². The van der Waals surface area contributed by atoms with Crippen LogP contribution >= 0.6 is 11.8 Å². The highest BCUT2D eigenvalue weighted by atomic mass is 35.7. The molecule has 0 saturated heterocycles. The molecule has 0 unspecified atom stereocenters. The Balaban J connectivity index is -0.000000177. The zero-order valence-corrected chi connectivity index (χ0v) is 10.8. The van der Waals surface area contributed by atoms with Gasteiger partial charge in [0.05, 0.1) is 29.8 Å². The Labute approximate surface area is 106 Å². The molecule has 0 aromatic heterocycles. The average molecular weight is 321 g/mol. The van der Waals surface area contributed by atoms with Gasteiger partial charge in [0, 0.05) is 24.6 Å². The molecule has 10 nitrogen and oxygen atoms in total. The normalized spacial score (nSPS) is 10.9. The zero-order valence-electron chi connectivity index (χ0n) is 8.49. The summed E-state index contributed by atoms with van der Waals surface area (Å²) in [4.78, 5) is 0. The van der Waals surface area contributed by atoms with Gasteiger partial charge in [0.2, 0.25) is 0 Å². The Morgan fingerprint density at radius 2 is 0.941 bits per heavy atom. The van der Waals surface area contributed by atoms with Crippen molar-refractivity contribution in [3.63, 3.8) is 0 Å². The van der Waals surface area contributed by atoms with E-state index in [0.29, 0.717) is 0 Å². The number of hydrogen-bond donors (Lipinski definition) is 4. The summed E-state index contributed by atoms with van der Waals surface area (Å²) in [5, 5.41) is 0. The van der Waals surface area contributed by atoms with Crippen LogP contribution in [0.2, 0.25) is 0 Å². The van der Waals surface area contributed by atoms with E-state index in [2.05, 4.69) is 0 Å². The van der Waals surface area contributed by atoms with E-state index in [1.807, 2.05) is 0 Å². The van der Waals surface area contributed by atoms with Crippen LogP contribution in [0.4, 0.5) is 0 Å². The third-order valence-corrected chi connectivity index (χ3v) is 1.57. The van der Waals surface area contributed by atoms with E-state index in [-0.39, 0.29) is 0 Å². The van der Waals surface area contributed by atoms with Crippen LogP contribution in [0.25, 0.3) is 0 Å². The molecular formula is C4H14Cl2N2O8S. The van der Waals surface area contributed by atoms with Gasteiger partial charge < -0.3 is 11.5 Å². The minimum Gasteiger partial charge on any atom is -0.330 e. The van der Waals surface area contributed by atoms with Crippen LogP contribution in [0.5, 0.6) is 0 Å². The van der Waals surface area contributed by atoms with Crippen molar-refractivity contribution < 1.29 is 57.8 Å². The zero-order chi connectivity index (χ0) is 14.5. The highest BCUT2D eigenvalue weighted by molar-refractivity contribution is 7.99. The Morgan fingerprint density at radius 3 is 1.06 bits per heavy atom. The van der Waals surface area contributed by atoms with Crippen LogP contribution in [0, 0.1) is 20.5 Å². The molecule has 0 aliphatic rings. The molecule has 0 saturated carbocycles. The fourth-order valence-electron chi connectivity index (χ4n) is 0.269. The first-order valence-corrected chi connectivity index (χ1v) is 7.34. The Hall–Kier alpha value is 0.530. The Bertz CT molecular complexity index is 125. The van der Waals surface area contributed by atoms with Gasteiger partial charge >= 0.3 is 0 Å². The molecule has 0 amide bonds. The standard InChI is InChI=1S/C4H12N2S.2ClHO4/c5-1-3-7-4-2-6;2*2-1(3,4)5/h1-6H2;2*(H,2,3,4,5). The molecule has 13 heteroatoms. The van der Waals surface area contributed by atoms with Crippen molar-refractivity contribution in [3.05, 3.63) is 0 Å². The van der Waals surface area contributed by atoms with E-state index in [9.17, 15) is 0 Å². The highest BCUT2D eigenvalue weighted by Crippen LogP contribution is 1.93. The minimum atomic E-state index is -4.69. The maximum Gasteiger partial charge on any atom is 0.0777 e. The molecular weight excluding hydrogens is 307 g/mol. The molecule has 0 aromatic carbocycles. The molecule has 0 spiro atoms. The van der Waals surface area contributed by atoms with Crippen LogP contribution in [0.15, 0.2) is 0 Å². The lowest BCUT2D eigenvalue weighted by Gasteiger charge is -2.03. The Kier molecular flexibility index (Phi) is 17.3. The van der Waals surface area contributed by atoms with Gasteiger partial charge in [-0.2, -0.15) is 39.7 Å². The molecule has 108 valence electrons. The van der Waals surface area contributed by atoms with Gasteiger partial charge in [-0.15, -0.1) is 0 Å². The maximum absolute atomic E-state index is 8.60. The third kappa shape index (κ3) is 170. The van der Waals surface area contributed by atoms with Crippen molar-refractivity contribution in [1.29, 1.82) is 0 Å². The topological polar surface area (TPSA) is 231 Å². The number of nitrogens with two attached hydrogens (primary N) is 2. The smallest absolute Gasteiger partial charge is 0.0777 e. The van der Waals surface area contributed by atoms with E-state index in [1.165, 1.54) is 0 Å². The predicted molar refractivity (Wildman–Crippen MR) is 39.9 cm³/mol. The average Bonchev–Trinajstić information content (AvgIpc) is 1.99. The van der Waals surface area contributed by atoms with Crippen LogP contribution in [-0.4, -0.2) is 33.9 Å². The lowest BCUT2D eigenvalue weighted by Crippen LogP contribution is -2.58. The summed E-state index contributed by atoms with van der Waals surface area (Å²) < 4.78 is 65.4. The monoisotopic (exact) mass is 320 g/mol. The van der Waals surface area contributed by atoms with Gasteiger partial charge in [0.1, 0.15) is 0 Å². The van der Waals surface area contributed by atoms with Gasteiger partial charge in [0.15, 0.2) is 0 Å². The van der Waals surface area contributed by atoms with Crippen molar-refractivity contribution in [2.24, 2.45) is 11.5 Å². The third-order valence-electron chi connectivity index (χ3n) is 0.524. The molecule has 0 aliphatic heterocycles. The van der Waals surface area contributed by atoms with Gasteiger partial charge in [-0.1, -0.05) is 0 Å². The van der Waals surface area contributed by atoms with Crippen LogP contribution < -0.4 is 39.4 Å². The molecule has 0 aliphatic carbocycles. The van der Waals surface area contributed by atoms with Crippen molar-refractivity contribution in [3.8, 4) is 0 Å². The lowest BCUT2D eigenvalue weighted by molar-refractivity contribution is -1.92. The van der Waals surface area contributed by atoms with Crippen LogP contribution in [0.1, 0.15) is 0 Å². The second-order valence-electron chi connectivity index (χ2n) is 1.98. The predicted octanol–water partition coefficient (Wildman–Crippen LogP) is -8.61.